The van der Waals surface area contributed by atoms with E-state index in [-0.39, 0.29) is 6.10 Å². The minimum Gasteiger partial charge on any atom is -0.380 e. The van der Waals surface area contributed by atoms with Crippen LogP contribution in [0.4, 0.5) is 0 Å². The van der Waals surface area contributed by atoms with Gasteiger partial charge in [-0.25, -0.2) is 0 Å². The summed E-state index contributed by atoms with van der Waals surface area (Å²) in [4.78, 5) is 0. The van der Waals surface area contributed by atoms with Crippen LogP contribution in [-0.2, 0) is 18.2 Å². The monoisotopic (exact) mass is 303 g/mol. The van der Waals surface area contributed by atoms with Crippen molar-refractivity contribution in [1.29, 1.82) is 0 Å². The van der Waals surface area contributed by atoms with Gasteiger partial charge in [0.05, 0.1) is 22.0 Å². The lowest BCUT2D eigenvalue weighted by Gasteiger charge is -2.23. The SMILES string of the molecule is CCNC(Cc1c(Br)c(C)nn1C)C(C)OC. The molecule has 0 aliphatic heterocycles. The van der Waals surface area contributed by atoms with E-state index in [1.807, 2.05) is 18.7 Å². The molecule has 0 saturated carbocycles. The Kier molecular flexibility index (Phi) is 5.62. The average Bonchev–Trinajstić information content (AvgIpc) is 2.54. The third kappa shape index (κ3) is 3.53. The van der Waals surface area contributed by atoms with Crippen LogP contribution < -0.4 is 5.32 Å². The molecule has 4 nitrogen and oxygen atoms in total. The van der Waals surface area contributed by atoms with Gasteiger partial charge in [0.1, 0.15) is 0 Å². The molecule has 0 spiro atoms. The van der Waals surface area contributed by atoms with Crippen LogP contribution in [0.2, 0.25) is 0 Å². The van der Waals surface area contributed by atoms with E-state index in [9.17, 15) is 0 Å². The van der Waals surface area contributed by atoms with Crippen LogP contribution in [0.3, 0.4) is 0 Å². The van der Waals surface area contributed by atoms with Gasteiger partial charge in [0.25, 0.3) is 0 Å². The molecule has 0 aromatic carbocycles. The first-order valence-electron chi connectivity index (χ1n) is 5.95. The van der Waals surface area contributed by atoms with Gasteiger partial charge in [-0.15, -0.1) is 0 Å². The summed E-state index contributed by atoms with van der Waals surface area (Å²) in [6.45, 7) is 7.14. The standard InChI is InChI=1S/C12H22BrN3O/c1-6-14-10(9(3)17-5)7-11-12(13)8(2)15-16(11)4/h9-10,14H,6-7H2,1-5H3. The van der Waals surface area contributed by atoms with Crippen LogP contribution in [0.15, 0.2) is 4.47 Å². The van der Waals surface area contributed by atoms with Crippen molar-refractivity contribution >= 4 is 15.9 Å². The molecule has 98 valence electrons. The summed E-state index contributed by atoms with van der Waals surface area (Å²) < 4.78 is 8.46. The Morgan fingerprint density at radius 3 is 2.59 bits per heavy atom. The number of hydrogen-bond donors (Lipinski definition) is 1. The normalized spacial score (nSPS) is 14.9. The van der Waals surface area contributed by atoms with E-state index in [0.717, 1.165) is 23.1 Å². The Morgan fingerprint density at radius 2 is 2.18 bits per heavy atom. The van der Waals surface area contributed by atoms with Crippen molar-refractivity contribution in [3.8, 4) is 0 Å². The lowest BCUT2D eigenvalue weighted by Crippen LogP contribution is -2.41. The smallest absolute Gasteiger partial charge is 0.0738 e. The molecule has 1 aromatic heterocycles. The Labute approximate surface area is 112 Å². The summed E-state index contributed by atoms with van der Waals surface area (Å²) in [6.07, 6.45) is 1.08. The van der Waals surface area contributed by atoms with E-state index in [4.69, 9.17) is 4.74 Å². The lowest BCUT2D eigenvalue weighted by atomic mass is 10.1. The minimum absolute atomic E-state index is 0.178. The summed E-state index contributed by atoms with van der Waals surface area (Å²) in [6, 6.07) is 0.302. The van der Waals surface area contributed by atoms with Gasteiger partial charge < -0.3 is 10.1 Å². The lowest BCUT2D eigenvalue weighted by molar-refractivity contribution is 0.0829. The van der Waals surface area contributed by atoms with Crippen molar-refractivity contribution in [2.45, 2.75) is 39.3 Å². The van der Waals surface area contributed by atoms with Crippen LogP contribution in [0.1, 0.15) is 25.2 Å². The minimum atomic E-state index is 0.178. The Balaban J connectivity index is 2.85. The number of likely N-dealkylation sites (N-methyl/N-ethyl adjacent to an activating group) is 1. The maximum atomic E-state index is 5.42. The topological polar surface area (TPSA) is 39.1 Å². The fraction of sp³-hybridized carbons (Fsp3) is 0.750. The highest BCUT2D eigenvalue weighted by Gasteiger charge is 2.20. The Bertz CT molecular complexity index is 365. The molecule has 5 heteroatoms. The van der Waals surface area contributed by atoms with Gasteiger partial charge >= 0.3 is 0 Å². The summed E-state index contributed by atoms with van der Waals surface area (Å²) in [7, 11) is 3.73. The molecule has 0 saturated heterocycles. The van der Waals surface area contributed by atoms with Gasteiger partial charge in [0, 0.05) is 26.6 Å². The Morgan fingerprint density at radius 1 is 1.53 bits per heavy atom. The van der Waals surface area contributed by atoms with Gasteiger partial charge in [-0.1, -0.05) is 6.92 Å². The molecular formula is C12H22BrN3O. The summed E-state index contributed by atoms with van der Waals surface area (Å²) in [5, 5.41) is 7.87. The van der Waals surface area contributed by atoms with Crippen LogP contribution in [0.25, 0.3) is 0 Å². The highest BCUT2D eigenvalue weighted by atomic mass is 79.9. The number of methoxy groups -OCH3 is 1. The molecule has 1 heterocycles. The number of rotatable bonds is 6. The zero-order chi connectivity index (χ0) is 13.0. The van der Waals surface area contributed by atoms with E-state index in [1.165, 1.54) is 5.69 Å². The molecule has 2 atom stereocenters. The quantitative estimate of drug-likeness (QED) is 0.874. The van der Waals surface area contributed by atoms with Gasteiger partial charge in [-0.05, 0) is 36.3 Å². The second kappa shape index (κ2) is 6.52. The maximum Gasteiger partial charge on any atom is 0.0738 e. The van der Waals surface area contributed by atoms with Crippen molar-refractivity contribution in [3.63, 3.8) is 0 Å². The second-order valence-corrected chi connectivity index (χ2v) is 5.07. The highest BCUT2D eigenvalue weighted by molar-refractivity contribution is 9.10. The van der Waals surface area contributed by atoms with Crippen LogP contribution in [-0.4, -0.2) is 35.6 Å². The van der Waals surface area contributed by atoms with E-state index < -0.39 is 0 Å². The molecule has 0 fully saturated rings. The maximum absolute atomic E-state index is 5.42. The fourth-order valence-electron chi connectivity index (χ4n) is 1.94. The Hall–Kier alpha value is -0.390. The predicted molar refractivity (Wildman–Crippen MR) is 73.3 cm³/mol. The molecule has 0 aliphatic rings. The number of nitrogens with one attached hydrogen (secondary N) is 1. The van der Waals surface area contributed by atoms with E-state index >= 15 is 0 Å². The second-order valence-electron chi connectivity index (χ2n) is 4.28. The van der Waals surface area contributed by atoms with Crippen LogP contribution >= 0.6 is 15.9 Å². The van der Waals surface area contributed by atoms with E-state index in [1.54, 1.807) is 7.11 Å². The third-order valence-electron chi connectivity index (χ3n) is 3.08. The summed E-state index contributed by atoms with van der Waals surface area (Å²) >= 11 is 3.60. The van der Waals surface area contributed by atoms with E-state index in [2.05, 4.69) is 40.2 Å². The predicted octanol–water partition coefficient (Wildman–Crippen LogP) is 2.05. The third-order valence-corrected chi connectivity index (χ3v) is 4.11. The van der Waals surface area contributed by atoms with Crippen molar-refractivity contribution in [3.05, 3.63) is 15.9 Å². The first kappa shape index (κ1) is 14.7. The zero-order valence-corrected chi connectivity index (χ0v) is 12.8. The first-order valence-corrected chi connectivity index (χ1v) is 6.74. The first-order chi connectivity index (χ1) is 8.01. The fourth-order valence-corrected chi connectivity index (χ4v) is 2.44. The van der Waals surface area contributed by atoms with Crippen LogP contribution in [0, 0.1) is 6.92 Å². The number of halogens is 1. The number of hydrogen-bond acceptors (Lipinski definition) is 3. The molecule has 0 bridgehead atoms. The largest absolute Gasteiger partial charge is 0.380 e. The summed E-state index contributed by atoms with van der Waals surface area (Å²) in [5.74, 6) is 0. The number of ether oxygens (including phenoxy) is 1. The molecule has 1 N–H and O–H groups in total. The molecular weight excluding hydrogens is 282 g/mol. The molecule has 17 heavy (non-hydrogen) atoms. The molecule has 1 aromatic rings. The number of aromatic nitrogens is 2. The molecule has 1 rings (SSSR count). The zero-order valence-electron chi connectivity index (χ0n) is 11.2. The molecule has 0 amide bonds. The van der Waals surface area contributed by atoms with Crippen molar-refractivity contribution in [2.24, 2.45) is 7.05 Å². The molecule has 0 radical (unpaired) electrons. The van der Waals surface area contributed by atoms with Gasteiger partial charge in [-0.2, -0.15) is 5.10 Å². The van der Waals surface area contributed by atoms with Crippen LogP contribution in [0.5, 0.6) is 0 Å². The average molecular weight is 304 g/mol. The highest BCUT2D eigenvalue weighted by Crippen LogP contribution is 2.22. The summed E-state index contributed by atoms with van der Waals surface area (Å²) in [5.41, 5.74) is 2.24. The number of nitrogens with zero attached hydrogens (tertiary/aromatic N) is 2. The van der Waals surface area contributed by atoms with Crippen molar-refractivity contribution in [2.75, 3.05) is 13.7 Å². The van der Waals surface area contributed by atoms with E-state index in [0.29, 0.717) is 6.04 Å². The van der Waals surface area contributed by atoms with Gasteiger partial charge in [0.15, 0.2) is 0 Å². The van der Waals surface area contributed by atoms with Gasteiger partial charge in [0.2, 0.25) is 0 Å². The number of aryl methyl sites for hydroxylation is 2. The molecule has 2 unspecified atom stereocenters. The van der Waals surface area contributed by atoms with Crippen molar-refractivity contribution < 1.29 is 4.74 Å². The van der Waals surface area contributed by atoms with Crippen molar-refractivity contribution in [1.82, 2.24) is 15.1 Å². The van der Waals surface area contributed by atoms with Gasteiger partial charge in [-0.3, -0.25) is 4.68 Å². The molecule has 0 aliphatic carbocycles.